The van der Waals surface area contributed by atoms with Crippen molar-refractivity contribution in [1.29, 1.82) is 0 Å². The first-order valence-corrected chi connectivity index (χ1v) is 5.95. The lowest BCUT2D eigenvalue weighted by molar-refractivity contribution is -0.132. The molecule has 0 radical (unpaired) electrons. The van der Waals surface area contributed by atoms with Crippen LogP contribution in [0.5, 0.6) is 5.75 Å². The van der Waals surface area contributed by atoms with Crippen molar-refractivity contribution in [1.82, 2.24) is 0 Å². The van der Waals surface area contributed by atoms with E-state index in [0.29, 0.717) is 11.4 Å². The summed E-state index contributed by atoms with van der Waals surface area (Å²) in [5, 5.41) is 2.83. The minimum Gasteiger partial charge on any atom is -0.427 e. The Morgan fingerprint density at radius 2 is 1.78 bits per heavy atom. The number of nitrogens with one attached hydrogen (secondary N) is 1. The van der Waals surface area contributed by atoms with Crippen molar-refractivity contribution < 1.29 is 14.3 Å². The quantitative estimate of drug-likeness (QED) is 0.659. The predicted molar refractivity (Wildman–Crippen MR) is 70.5 cm³/mol. The van der Waals surface area contributed by atoms with Crippen LogP contribution in [0.2, 0.25) is 0 Å². The summed E-state index contributed by atoms with van der Waals surface area (Å²) in [6, 6.07) is 6.72. The van der Waals surface area contributed by atoms with Crippen LogP contribution in [-0.4, -0.2) is 11.9 Å². The molecule has 0 aliphatic heterocycles. The molecule has 0 saturated heterocycles. The molecule has 1 rings (SSSR count). The van der Waals surface area contributed by atoms with E-state index < -0.39 is 5.41 Å². The monoisotopic (exact) mass is 249 g/mol. The first kappa shape index (κ1) is 14.2. The van der Waals surface area contributed by atoms with Gasteiger partial charge in [-0.25, -0.2) is 0 Å². The highest BCUT2D eigenvalue weighted by Gasteiger charge is 2.25. The van der Waals surface area contributed by atoms with Crippen molar-refractivity contribution in [3.05, 3.63) is 24.3 Å². The van der Waals surface area contributed by atoms with Gasteiger partial charge in [-0.05, 0) is 30.7 Å². The summed E-state index contributed by atoms with van der Waals surface area (Å²) in [7, 11) is 0. The fourth-order valence-corrected chi connectivity index (χ4v) is 1.23. The van der Waals surface area contributed by atoms with Crippen LogP contribution < -0.4 is 10.1 Å². The Labute approximate surface area is 107 Å². The third-order valence-electron chi connectivity index (χ3n) is 2.87. The number of carbonyl (C=O) groups excluding carboxylic acids is 2. The molecule has 98 valence electrons. The summed E-state index contributed by atoms with van der Waals surface area (Å²) in [6.45, 7) is 7.12. The summed E-state index contributed by atoms with van der Waals surface area (Å²) in [5.74, 6) is 0.0828. The summed E-state index contributed by atoms with van der Waals surface area (Å²) in [5.41, 5.74) is 0.298. The molecule has 4 heteroatoms. The highest BCUT2D eigenvalue weighted by molar-refractivity contribution is 5.94. The molecule has 0 saturated carbocycles. The minimum atomic E-state index is -0.394. The first-order chi connectivity index (χ1) is 8.35. The molecule has 1 N–H and O–H groups in total. The summed E-state index contributed by atoms with van der Waals surface area (Å²) in [6.07, 6.45) is 0.768. The number of esters is 1. The molecule has 1 aromatic carbocycles. The summed E-state index contributed by atoms with van der Waals surface area (Å²) >= 11 is 0. The number of hydrogen-bond acceptors (Lipinski definition) is 3. The Balaban J connectivity index is 2.69. The number of carbonyl (C=O) groups is 2. The second-order valence-corrected chi connectivity index (χ2v) is 4.81. The van der Waals surface area contributed by atoms with Gasteiger partial charge in [-0.15, -0.1) is 0 Å². The second-order valence-electron chi connectivity index (χ2n) is 4.81. The van der Waals surface area contributed by atoms with Crippen LogP contribution in [0.25, 0.3) is 0 Å². The summed E-state index contributed by atoms with van der Waals surface area (Å²) < 4.78 is 4.91. The molecule has 1 aromatic rings. The van der Waals surface area contributed by atoms with Crippen molar-refractivity contribution >= 4 is 17.6 Å². The number of rotatable bonds is 4. The highest BCUT2D eigenvalue weighted by atomic mass is 16.5. The maximum Gasteiger partial charge on any atom is 0.308 e. The Kier molecular flexibility index (Phi) is 4.48. The number of anilines is 1. The second kappa shape index (κ2) is 5.67. The Bertz CT molecular complexity index is 435. The van der Waals surface area contributed by atoms with E-state index in [-0.39, 0.29) is 11.9 Å². The molecular formula is C14H19NO3. The average molecular weight is 249 g/mol. The van der Waals surface area contributed by atoms with Gasteiger partial charge < -0.3 is 10.1 Å². The maximum absolute atomic E-state index is 11.9. The van der Waals surface area contributed by atoms with Crippen molar-refractivity contribution in [2.75, 3.05) is 5.32 Å². The lowest BCUT2D eigenvalue weighted by Gasteiger charge is -2.21. The molecular weight excluding hydrogens is 230 g/mol. The van der Waals surface area contributed by atoms with Gasteiger partial charge in [0.05, 0.1) is 0 Å². The largest absolute Gasteiger partial charge is 0.427 e. The van der Waals surface area contributed by atoms with Gasteiger partial charge in [0.15, 0.2) is 0 Å². The van der Waals surface area contributed by atoms with Crippen molar-refractivity contribution in [2.45, 2.75) is 34.1 Å². The van der Waals surface area contributed by atoms with Crippen molar-refractivity contribution in [3.8, 4) is 5.75 Å². The zero-order valence-corrected chi connectivity index (χ0v) is 11.2. The minimum absolute atomic E-state index is 0.0229. The molecule has 4 nitrogen and oxygen atoms in total. The number of ether oxygens (including phenoxy) is 1. The van der Waals surface area contributed by atoms with Gasteiger partial charge in [-0.1, -0.05) is 20.8 Å². The highest BCUT2D eigenvalue weighted by Crippen LogP contribution is 2.23. The number of hydrogen-bond donors (Lipinski definition) is 1. The van der Waals surface area contributed by atoms with E-state index >= 15 is 0 Å². The van der Waals surface area contributed by atoms with E-state index in [2.05, 4.69) is 5.32 Å². The molecule has 0 aromatic heterocycles. The molecule has 0 atom stereocenters. The number of amides is 1. The van der Waals surface area contributed by atoms with Crippen LogP contribution in [0.4, 0.5) is 5.69 Å². The molecule has 0 aliphatic carbocycles. The molecule has 18 heavy (non-hydrogen) atoms. The van der Waals surface area contributed by atoms with Crippen molar-refractivity contribution in [2.24, 2.45) is 5.41 Å². The molecule has 0 heterocycles. The Morgan fingerprint density at radius 3 is 2.22 bits per heavy atom. The standard InChI is InChI=1S/C14H19NO3/c1-5-14(3,4)13(17)15-11-6-8-12(9-7-11)18-10(2)16/h6-9H,5H2,1-4H3,(H,15,17). The van der Waals surface area contributed by atoms with E-state index in [9.17, 15) is 9.59 Å². The third-order valence-corrected chi connectivity index (χ3v) is 2.87. The normalized spacial score (nSPS) is 10.9. The smallest absolute Gasteiger partial charge is 0.308 e. The van der Waals surface area contributed by atoms with Gasteiger partial charge in [0.1, 0.15) is 5.75 Å². The van der Waals surface area contributed by atoms with Crippen LogP contribution in [0.3, 0.4) is 0 Å². The van der Waals surface area contributed by atoms with Crippen LogP contribution in [0, 0.1) is 5.41 Å². The van der Waals surface area contributed by atoms with E-state index in [0.717, 1.165) is 6.42 Å². The lowest BCUT2D eigenvalue weighted by Crippen LogP contribution is -2.29. The van der Waals surface area contributed by atoms with E-state index in [4.69, 9.17) is 4.74 Å². The van der Waals surface area contributed by atoms with Gasteiger partial charge >= 0.3 is 5.97 Å². The summed E-state index contributed by atoms with van der Waals surface area (Å²) in [4.78, 5) is 22.7. The van der Waals surface area contributed by atoms with Crippen LogP contribution in [0.1, 0.15) is 34.1 Å². The van der Waals surface area contributed by atoms with Gasteiger partial charge in [0.25, 0.3) is 0 Å². The van der Waals surface area contributed by atoms with Gasteiger partial charge in [-0.3, -0.25) is 9.59 Å². The topological polar surface area (TPSA) is 55.4 Å². The zero-order chi connectivity index (χ0) is 13.8. The SMILES string of the molecule is CCC(C)(C)C(=O)Nc1ccc(OC(C)=O)cc1. The molecule has 0 bridgehead atoms. The van der Waals surface area contributed by atoms with Crippen LogP contribution in [-0.2, 0) is 9.59 Å². The molecule has 0 fully saturated rings. The third kappa shape index (κ3) is 3.87. The molecule has 1 amide bonds. The van der Waals surface area contributed by atoms with E-state index in [1.807, 2.05) is 20.8 Å². The number of benzene rings is 1. The first-order valence-electron chi connectivity index (χ1n) is 5.95. The molecule has 0 unspecified atom stereocenters. The predicted octanol–water partition coefficient (Wildman–Crippen LogP) is 2.99. The van der Waals surface area contributed by atoms with E-state index in [1.165, 1.54) is 6.92 Å². The van der Waals surface area contributed by atoms with E-state index in [1.54, 1.807) is 24.3 Å². The van der Waals surface area contributed by atoms with Gasteiger partial charge in [-0.2, -0.15) is 0 Å². The fraction of sp³-hybridized carbons (Fsp3) is 0.429. The van der Waals surface area contributed by atoms with Gasteiger partial charge in [0, 0.05) is 18.0 Å². The zero-order valence-electron chi connectivity index (χ0n) is 11.2. The fourth-order valence-electron chi connectivity index (χ4n) is 1.23. The van der Waals surface area contributed by atoms with Gasteiger partial charge in [0.2, 0.25) is 5.91 Å². The van der Waals surface area contributed by atoms with Crippen molar-refractivity contribution in [3.63, 3.8) is 0 Å². The van der Waals surface area contributed by atoms with Crippen LogP contribution >= 0.6 is 0 Å². The molecule has 0 aliphatic rings. The maximum atomic E-state index is 11.9. The Morgan fingerprint density at radius 1 is 1.22 bits per heavy atom. The van der Waals surface area contributed by atoms with Crippen LogP contribution in [0.15, 0.2) is 24.3 Å². The Hall–Kier alpha value is -1.84. The average Bonchev–Trinajstić information content (AvgIpc) is 2.31. The lowest BCUT2D eigenvalue weighted by atomic mass is 9.89. The molecule has 0 spiro atoms.